The van der Waals surface area contributed by atoms with Crippen LogP contribution in [0.15, 0.2) is 58.0 Å². The van der Waals surface area contributed by atoms with Crippen molar-refractivity contribution in [2.75, 3.05) is 0 Å². The van der Waals surface area contributed by atoms with Gasteiger partial charge in [-0.25, -0.2) is 4.99 Å². The lowest BCUT2D eigenvalue weighted by molar-refractivity contribution is 1.35. The Kier molecular flexibility index (Phi) is 3.04. The molecule has 0 aromatic heterocycles. The SMILES string of the molecule is Brc1ccc(C2=Nc3ccccc3CS2)cc1. The lowest BCUT2D eigenvalue weighted by atomic mass is 10.2. The molecule has 0 fully saturated rings. The van der Waals surface area contributed by atoms with Gasteiger partial charge in [-0.15, -0.1) is 11.8 Å². The normalized spacial score (nSPS) is 14.1. The zero-order valence-corrected chi connectivity index (χ0v) is 11.5. The number of aliphatic imine (C=N–C) groups is 1. The molecule has 17 heavy (non-hydrogen) atoms. The van der Waals surface area contributed by atoms with Crippen molar-refractivity contribution in [3.8, 4) is 0 Å². The Morgan fingerprint density at radius 1 is 1.00 bits per heavy atom. The molecule has 0 N–H and O–H groups in total. The van der Waals surface area contributed by atoms with Gasteiger partial charge in [0.2, 0.25) is 0 Å². The van der Waals surface area contributed by atoms with Crippen LogP contribution in [0.3, 0.4) is 0 Å². The van der Waals surface area contributed by atoms with Crippen molar-refractivity contribution >= 4 is 38.4 Å². The summed E-state index contributed by atoms with van der Waals surface area (Å²) in [4.78, 5) is 4.71. The highest BCUT2D eigenvalue weighted by atomic mass is 79.9. The maximum absolute atomic E-state index is 4.71. The van der Waals surface area contributed by atoms with Crippen LogP contribution in [0.5, 0.6) is 0 Å². The molecule has 1 nitrogen and oxygen atoms in total. The minimum atomic E-state index is 1.01. The van der Waals surface area contributed by atoms with E-state index >= 15 is 0 Å². The summed E-state index contributed by atoms with van der Waals surface area (Å²) in [5.74, 6) is 1.01. The highest BCUT2D eigenvalue weighted by Crippen LogP contribution is 2.33. The molecule has 0 spiro atoms. The zero-order valence-electron chi connectivity index (χ0n) is 9.06. The molecule has 3 rings (SSSR count). The topological polar surface area (TPSA) is 12.4 Å². The van der Waals surface area contributed by atoms with Crippen LogP contribution in [0.4, 0.5) is 5.69 Å². The fourth-order valence-electron chi connectivity index (χ4n) is 1.77. The molecule has 2 aromatic rings. The number of halogens is 1. The monoisotopic (exact) mass is 303 g/mol. The fraction of sp³-hybridized carbons (Fsp3) is 0.0714. The van der Waals surface area contributed by atoms with E-state index in [4.69, 9.17) is 4.99 Å². The molecule has 0 bridgehead atoms. The Labute approximate surface area is 113 Å². The second-order valence-electron chi connectivity index (χ2n) is 3.84. The fourth-order valence-corrected chi connectivity index (χ4v) is 3.04. The Morgan fingerprint density at radius 2 is 1.76 bits per heavy atom. The summed E-state index contributed by atoms with van der Waals surface area (Å²) in [6.07, 6.45) is 0. The van der Waals surface area contributed by atoms with Gasteiger partial charge in [-0.05, 0) is 23.8 Å². The summed E-state index contributed by atoms with van der Waals surface area (Å²) < 4.78 is 1.10. The van der Waals surface area contributed by atoms with Gasteiger partial charge in [0.1, 0.15) is 5.04 Å². The predicted molar refractivity (Wildman–Crippen MR) is 78.1 cm³/mol. The second kappa shape index (κ2) is 4.67. The number of fused-ring (bicyclic) bond motifs is 1. The molecule has 84 valence electrons. The number of rotatable bonds is 1. The molecule has 0 atom stereocenters. The van der Waals surface area contributed by atoms with Crippen LogP contribution in [-0.4, -0.2) is 5.04 Å². The summed E-state index contributed by atoms with van der Waals surface area (Å²) in [6, 6.07) is 16.6. The van der Waals surface area contributed by atoms with Gasteiger partial charge in [-0.2, -0.15) is 0 Å². The summed E-state index contributed by atoms with van der Waals surface area (Å²) >= 11 is 5.25. The molecule has 0 radical (unpaired) electrons. The Bertz CT molecular complexity index is 575. The average molecular weight is 304 g/mol. The van der Waals surface area contributed by atoms with E-state index in [2.05, 4.69) is 58.4 Å². The third-order valence-corrected chi connectivity index (χ3v) is 4.25. The van der Waals surface area contributed by atoms with Crippen molar-refractivity contribution < 1.29 is 0 Å². The van der Waals surface area contributed by atoms with Crippen LogP contribution < -0.4 is 0 Å². The van der Waals surface area contributed by atoms with Gasteiger partial charge in [0.05, 0.1) is 5.69 Å². The molecule has 0 saturated heterocycles. The molecular weight excluding hydrogens is 294 g/mol. The van der Waals surface area contributed by atoms with Crippen molar-refractivity contribution in [1.82, 2.24) is 0 Å². The van der Waals surface area contributed by atoms with Crippen molar-refractivity contribution in [2.24, 2.45) is 4.99 Å². The smallest absolute Gasteiger partial charge is 0.104 e. The van der Waals surface area contributed by atoms with Crippen LogP contribution in [0.1, 0.15) is 11.1 Å². The van der Waals surface area contributed by atoms with E-state index < -0.39 is 0 Å². The van der Waals surface area contributed by atoms with Crippen LogP contribution in [0.25, 0.3) is 0 Å². The van der Waals surface area contributed by atoms with E-state index in [9.17, 15) is 0 Å². The quantitative estimate of drug-likeness (QED) is 0.739. The lowest BCUT2D eigenvalue weighted by Crippen LogP contribution is -2.00. The minimum Gasteiger partial charge on any atom is -0.241 e. The van der Waals surface area contributed by atoms with E-state index in [1.165, 1.54) is 11.1 Å². The van der Waals surface area contributed by atoms with Gasteiger partial charge in [0, 0.05) is 15.8 Å². The van der Waals surface area contributed by atoms with Gasteiger partial charge < -0.3 is 0 Å². The molecule has 2 aromatic carbocycles. The Morgan fingerprint density at radius 3 is 2.59 bits per heavy atom. The molecular formula is C14H10BrNS. The zero-order chi connectivity index (χ0) is 11.7. The first-order chi connectivity index (χ1) is 8.33. The van der Waals surface area contributed by atoms with Crippen LogP contribution >= 0.6 is 27.7 Å². The largest absolute Gasteiger partial charge is 0.241 e. The Balaban J connectivity index is 2.01. The van der Waals surface area contributed by atoms with Gasteiger partial charge in [-0.3, -0.25) is 0 Å². The number of para-hydroxylation sites is 1. The maximum Gasteiger partial charge on any atom is 0.104 e. The van der Waals surface area contributed by atoms with E-state index in [0.717, 1.165) is 21.0 Å². The molecule has 1 aliphatic heterocycles. The number of hydrogen-bond donors (Lipinski definition) is 0. The minimum absolute atomic E-state index is 1.01. The van der Waals surface area contributed by atoms with Crippen molar-refractivity contribution in [3.05, 3.63) is 64.1 Å². The molecule has 0 saturated carbocycles. The third-order valence-electron chi connectivity index (χ3n) is 2.67. The highest BCUT2D eigenvalue weighted by Gasteiger charge is 2.13. The first kappa shape index (κ1) is 11.1. The lowest BCUT2D eigenvalue weighted by Gasteiger charge is -2.14. The Hall–Kier alpha value is -1.06. The maximum atomic E-state index is 4.71. The van der Waals surface area contributed by atoms with Crippen LogP contribution in [-0.2, 0) is 5.75 Å². The molecule has 0 unspecified atom stereocenters. The first-order valence-electron chi connectivity index (χ1n) is 5.38. The molecule has 1 heterocycles. The van der Waals surface area contributed by atoms with Crippen LogP contribution in [0, 0.1) is 0 Å². The summed E-state index contributed by atoms with van der Waals surface area (Å²) in [7, 11) is 0. The molecule has 0 aliphatic carbocycles. The van der Waals surface area contributed by atoms with Crippen LogP contribution in [0.2, 0.25) is 0 Å². The van der Waals surface area contributed by atoms with E-state index in [1.807, 2.05) is 6.07 Å². The molecule has 3 heteroatoms. The number of nitrogens with zero attached hydrogens (tertiary/aromatic N) is 1. The molecule has 1 aliphatic rings. The molecule has 0 amide bonds. The van der Waals surface area contributed by atoms with Crippen molar-refractivity contribution in [1.29, 1.82) is 0 Å². The van der Waals surface area contributed by atoms with E-state index in [0.29, 0.717) is 0 Å². The third kappa shape index (κ3) is 2.31. The predicted octanol–water partition coefficient (Wildman–Crippen LogP) is 4.77. The highest BCUT2D eigenvalue weighted by molar-refractivity contribution is 9.10. The van der Waals surface area contributed by atoms with Gasteiger partial charge >= 0.3 is 0 Å². The number of thioether (sulfide) groups is 1. The van der Waals surface area contributed by atoms with Gasteiger partial charge in [0.25, 0.3) is 0 Å². The average Bonchev–Trinajstić information content (AvgIpc) is 2.39. The number of hydrogen-bond acceptors (Lipinski definition) is 2. The summed E-state index contributed by atoms with van der Waals surface area (Å²) in [6.45, 7) is 0. The van der Waals surface area contributed by atoms with Crippen molar-refractivity contribution in [2.45, 2.75) is 5.75 Å². The van der Waals surface area contributed by atoms with Gasteiger partial charge in [0.15, 0.2) is 0 Å². The summed E-state index contributed by atoms with van der Waals surface area (Å²) in [5.41, 5.74) is 3.61. The first-order valence-corrected chi connectivity index (χ1v) is 7.16. The van der Waals surface area contributed by atoms with E-state index in [-0.39, 0.29) is 0 Å². The number of benzene rings is 2. The van der Waals surface area contributed by atoms with Crippen molar-refractivity contribution in [3.63, 3.8) is 0 Å². The van der Waals surface area contributed by atoms with E-state index in [1.54, 1.807) is 11.8 Å². The second-order valence-corrected chi connectivity index (χ2v) is 5.72. The summed E-state index contributed by atoms with van der Waals surface area (Å²) in [5, 5.41) is 1.11. The van der Waals surface area contributed by atoms with Gasteiger partial charge in [-0.1, -0.05) is 46.3 Å². The standard InChI is InChI=1S/C14H10BrNS/c15-12-7-5-10(6-8-12)14-16-13-4-2-1-3-11(13)9-17-14/h1-8H,9H2.